The van der Waals surface area contributed by atoms with Crippen LogP contribution in [0.15, 0.2) is 24.3 Å². The first-order valence-corrected chi connectivity index (χ1v) is 6.75. The highest BCUT2D eigenvalue weighted by Crippen LogP contribution is 2.40. The van der Waals surface area contributed by atoms with Gasteiger partial charge in [0.05, 0.1) is 5.69 Å². The molecule has 1 saturated carbocycles. The zero-order valence-electron chi connectivity index (χ0n) is 11.6. The number of hydrogen-bond acceptors (Lipinski definition) is 4. The second-order valence-electron chi connectivity index (χ2n) is 5.11. The maximum Gasteiger partial charge on any atom is 0.224 e. The lowest BCUT2D eigenvalue weighted by Crippen LogP contribution is -2.03. The molecule has 3 rings (SSSR count). The number of halogens is 1. The average molecular weight is 272 g/mol. The Morgan fingerprint density at radius 3 is 2.65 bits per heavy atom. The fourth-order valence-electron chi connectivity index (χ4n) is 2.10. The maximum atomic E-state index is 13.3. The fraction of sp³-hybridized carbons (Fsp3) is 0.333. The molecule has 1 aliphatic rings. The number of nitrogens with zero attached hydrogens (tertiary/aromatic N) is 2. The second kappa shape index (κ2) is 5.07. The molecule has 0 spiro atoms. The Balaban J connectivity index is 1.88. The van der Waals surface area contributed by atoms with Gasteiger partial charge in [-0.05, 0) is 43.5 Å². The van der Waals surface area contributed by atoms with Gasteiger partial charge in [0.2, 0.25) is 5.95 Å². The van der Waals surface area contributed by atoms with Crippen molar-refractivity contribution < 1.29 is 4.39 Å². The molecule has 2 N–H and O–H groups in total. The zero-order valence-corrected chi connectivity index (χ0v) is 11.6. The summed E-state index contributed by atoms with van der Waals surface area (Å²) >= 11 is 0. The van der Waals surface area contributed by atoms with E-state index in [1.54, 1.807) is 26.1 Å². The first-order valence-electron chi connectivity index (χ1n) is 6.75. The number of anilines is 3. The summed E-state index contributed by atoms with van der Waals surface area (Å²) in [4.78, 5) is 8.85. The Labute approximate surface area is 117 Å². The normalized spacial score (nSPS) is 14.2. The van der Waals surface area contributed by atoms with Crippen molar-refractivity contribution in [2.45, 2.75) is 25.7 Å². The fourth-order valence-corrected chi connectivity index (χ4v) is 2.10. The Kier molecular flexibility index (Phi) is 3.26. The molecule has 5 heteroatoms. The molecule has 0 aliphatic heterocycles. The van der Waals surface area contributed by atoms with E-state index < -0.39 is 0 Å². The standard InChI is InChI=1S/C15H17FN4/c1-9-7-11(5-6-12(9)16)18-14-8-13(10-3-4-10)19-15(17-2)20-14/h5-8,10H,3-4H2,1-2H3,(H2,17,18,19,20). The molecule has 0 bridgehead atoms. The van der Waals surface area contributed by atoms with Crippen molar-refractivity contribution in [1.82, 2.24) is 9.97 Å². The van der Waals surface area contributed by atoms with E-state index in [1.807, 2.05) is 6.07 Å². The Morgan fingerprint density at radius 1 is 1.20 bits per heavy atom. The van der Waals surface area contributed by atoms with Gasteiger partial charge in [-0.2, -0.15) is 4.98 Å². The van der Waals surface area contributed by atoms with Crippen LogP contribution in [0, 0.1) is 12.7 Å². The highest BCUT2D eigenvalue weighted by atomic mass is 19.1. The summed E-state index contributed by atoms with van der Waals surface area (Å²) in [6.45, 7) is 1.75. The van der Waals surface area contributed by atoms with E-state index in [-0.39, 0.29) is 5.82 Å². The lowest BCUT2D eigenvalue weighted by atomic mass is 10.2. The van der Waals surface area contributed by atoms with Gasteiger partial charge in [-0.15, -0.1) is 0 Å². The van der Waals surface area contributed by atoms with Crippen LogP contribution in [-0.2, 0) is 0 Å². The maximum absolute atomic E-state index is 13.3. The molecule has 2 aromatic rings. The quantitative estimate of drug-likeness (QED) is 0.893. The molecular weight excluding hydrogens is 255 g/mol. The first kappa shape index (κ1) is 12.8. The smallest absolute Gasteiger partial charge is 0.224 e. The molecule has 1 aromatic carbocycles. The van der Waals surface area contributed by atoms with Crippen LogP contribution in [0.4, 0.5) is 21.8 Å². The third-order valence-electron chi connectivity index (χ3n) is 3.40. The van der Waals surface area contributed by atoms with Crippen LogP contribution in [0.3, 0.4) is 0 Å². The predicted molar refractivity (Wildman–Crippen MR) is 78.0 cm³/mol. The summed E-state index contributed by atoms with van der Waals surface area (Å²) in [6, 6.07) is 6.91. The van der Waals surface area contributed by atoms with Crippen LogP contribution >= 0.6 is 0 Å². The summed E-state index contributed by atoms with van der Waals surface area (Å²) in [5.74, 6) is 1.70. The molecule has 1 fully saturated rings. The molecule has 0 unspecified atom stereocenters. The summed E-state index contributed by atoms with van der Waals surface area (Å²) < 4.78 is 13.3. The van der Waals surface area contributed by atoms with Crippen LogP contribution in [0.5, 0.6) is 0 Å². The molecular formula is C15H17FN4. The molecule has 0 saturated heterocycles. The number of aryl methyl sites for hydroxylation is 1. The number of hydrogen-bond donors (Lipinski definition) is 2. The molecule has 20 heavy (non-hydrogen) atoms. The van der Waals surface area contributed by atoms with Gasteiger partial charge in [0, 0.05) is 24.7 Å². The topological polar surface area (TPSA) is 49.8 Å². The number of nitrogens with one attached hydrogen (secondary N) is 2. The molecule has 4 nitrogen and oxygen atoms in total. The van der Waals surface area contributed by atoms with Gasteiger partial charge in [-0.1, -0.05) is 0 Å². The van der Waals surface area contributed by atoms with Crippen molar-refractivity contribution in [3.05, 3.63) is 41.3 Å². The lowest BCUT2D eigenvalue weighted by molar-refractivity contribution is 0.619. The minimum Gasteiger partial charge on any atom is -0.357 e. The van der Waals surface area contributed by atoms with E-state index in [9.17, 15) is 4.39 Å². The molecule has 104 valence electrons. The average Bonchev–Trinajstić information content (AvgIpc) is 3.27. The van der Waals surface area contributed by atoms with Crippen molar-refractivity contribution >= 4 is 17.5 Å². The summed E-state index contributed by atoms with van der Waals surface area (Å²) in [7, 11) is 1.80. The van der Waals surface area contributed by atoms with Crippen molar-refractivity contribution in [2.24, 2.45) is 0 Å². The van der Waals surface area contributed by atoms with E-state index >= 15 is 0 Å². The summed E-state index contributed by atoms with van der Waals surface area (Å²) in [5, 5.41) is 6.19. The third-order valence-corrected chi connectivity index (χ3v) is 3.40. The van der Waals surface area contributed by atoms with Gasteiger partial charge in [0.15, 0.2) is 0 Å². The van der Waals surface area contributed by atoms with E-state index in [1.165, 1.54) is 18.9 Å². The van der Waals surface area contributed by atoms with Crippen molar-refractivity contribution in [2.75, 3.05) is 17.7 Å². The van der Waals surface area contributed by atoms with E-state index in [0.717, 1.165) is 17.2 Å². The zero-order chi connectivity index (χ0) is 14.1. The van der Waals surface area contributed by atoms with Gasteiger partial charge < -0.3 is 10.6 Å². The van der Waals surface area contributed by atoms with Crippen molar-refractivity contribution in [3.63, 3.8) is 0 Å². The molecule has 0 amide bonds. The Bertz CT molecular complexity index is 638. The Hall–Kier alpha value is -2.17. The molecule has 1 heterocycles. The molecule has 1 aliphatic carbocycles. The third kappa shape index (κ3) is 2.71. The largest absolute Gasteiger partial charge is 0.357 e. The van der Waals surface area contributed by atoms with Gasteiger partial charge in [-0.25, -0.2) is 9.37 Å². The molecule has 0 atom stereocenters. The van der Waals surface area contributed by atoms with E-state index in [2.05, 4.69) is 20.6 Å². The van der Waals surface area contributed by atoms with Gasteiger partial charge in [-0.3, -0.25) is 0 Å². The van der Waals surface area contributed by atoms with Gasteiger partial charge in [0.25, 0.3) is 0 Å². The van der Waals surface area contributed by atoms with E-state index in [4.69, 9.17) is 0 Å². The van der Waals surface area contributed by atoms with E-state index in [0.29, 0.717) is 17.4 Å². The highest BCUT2D eigenvalue weighted by Gasteiger charge is 2.26. The predicted octanol–water partition coefficient (Wildman–Crippen LogP) is 3.59. The minimum atomic E-state index is -0.201. The van der Waals surface area contributed by atoms with Gasteiger partial charge in [0.1, 0.15) is 11.6 Å². The second-order valence-corrected chi connectivity index (χ2v) is 5.11. The summed E-state index contributed by atoms with van der Waals surface area (Å²) in [5.41, 5.74) is 2.50. The van der Waals surface area contributed by atoms with Crippen LogP contribution in [0.25, 0.3) is 0 Å². The molecule has 0 radical (unpaired) electrons. The number of rotatable bonds is 4. The lowest BCUT2D eigenvalue weighted by Gasteiger charge is -2.10. The summed E-state index contributed by atoms with van der Waals surface area (Å²) in [6.07, 6.45) is 2.38. The van der Waals surface area contributed by atoms with Crippen LogP contribution in [0.2, 0.25) is 0 Å². The van der Waals surface area contributed by atoms with Crippen LogP contribution in [0.1, 0.15) is 30.0 Å². The first-order chi connectivity index (χ1) is 9.65. The number of benzene rings is 1. The highest BCUT2D eigenvalue weighted by molar-refractivity contribution is 5.58. The monoisotopic (exact) mass is 272 g/mol. The minimum absolute atomic E-state index is 0.201. The molecule has 1 aromatic heterocycles. The SMILES string of the molecule is CNc1nc(Nc2ccc(F)c(C)c2)cc(C2CC2)n1. The van der Waals surface area contributed by atoms with Crippen molar-refractivity contribution in [3.8, 4) is 0 Å². The number of aromatic nitrogens is 2. The van der Waals surface area contributed by atoms with Crippen molar-refractivity contribution in [1.29, 1.82) is 0 Å². The Morgan fingerprint density at radius 2 is 2.00 bits per heavy atom. The van der Waals surface area contributed by atoms with Crippen LogP contribution in [-0.4, -0.2) is 17.0 Å². The van der Waals surface area contributed by atoms with Crippen LogP contribution < -0.4 is 10.6 Å². The van der Waals surface area contributed by atoms with Gasteiger partial charge >= 0.3 is 0 Å².